The lowest BCUT2D eigenvalue weighted by molar-refractivity contribution is -0.125. The minimum atomic E-state index is -0.506. The Morgan fingerprint density at radius 2 is 1.89 bits per heavy atom. The van der Waals surface area contributed by atoms with Gasteiger partial charge in [-0.1, -0.05) is 24.3 Å². The number of nitrogens with zero attached hydrogens (tertiary/aromatic N) is 1. The third-order valence-electron chi connectivity index (χ3n) is 5.96. The van der Waals surface area contributed by atoms with E-state index in [1.54, 1.807) is 0 Å². The first-order chi connectivity index (χ1) is 16.8. The summed E-state index contributed by atoms with van der Waals surface area (Å²) >= 11 is 0. The lowest BCUT2D eigenvalue weighted by Gasteiger charge is -2.23. The zero-order valence-corrected chi connectivity index (χ0v) is 20.1. The molecule has 0 unspecified atom stereocenters. The van der Waals surface area contributed by atoms with Crippen LogP contribution in [0.2, 0.25) is 0 Å². The highest BCUT2D eigenvalue weighted by Crippen LogP contribution is 2.38. The molecule has 0 saturated carbocycles. The van der Waals surface area contributed by atoms with Crippen LogP contribution in [0.15, 0.2) is 42.5 Å². The Morgan fingerprint density at radius 1 is 1.09 bits per heavy atom. The summed E-state index contributed by atoms with van der Waals surface area (Å²) < 4.78 is 16.4. The average Bonchev–Trinajstić information content (AvgIpc) is 3.28. The molecule has 2 aliphatic rings. The molecule has 2 aromatic carbocycles. The quantitative estimate of drug-likeness (QED) is 0.543. The van der Waals surface area contributed by atoms with E-state index in [2.05, 4.69) is 11.4 Å². The van der Waals surface area contributed by atoms with Gasteiger partial charge in [0.25, 0.3) is 5.91 Å². The lowest BCUT2D eigenvalue weighted by atomic mass is 9.86. The molecule has 5 rings (SSSR count). The first-order valence-electron chi connectivity index (χ1n) is 11.8. The maximum absolute atomic E-state index is 13.3. The maximum Gasteiger partial charge on any atom is 0.339 e. The summed E-state index contributed by atoms with van der Waals surface area (Å²) in [6, 6.07) is 13.4. The number of fused-ring (bicyclic) bond motifs is 3. The summed E-state index contributed by atoms with van der Waals surface area (Å²) in [6.45, 7) is 5.54. The Hall–Kier alpha value is -3.87. The Labute approximate surface area is 204 Å². The Bertz CT molecular complexity index is 1350. The summed E-state index contributed by atoms with van der Waals surface area (Å²) in [4.78, 5) is 30.5. The number of nitrogens with one attached hydrogen (secondary N) is 1. The third kappa shape index (κ3) is 4.85. The number of carbonyl (C=O) groups excluding carboxylic acids is 2. The van der Waals surface area contributed by atoms with Gasteiger partial charge >= 0.3 is 5.97 Å². The zero-order chi connectivity index (χ0) is 24.6. The molecular formula is C28H28N2O5. The highest BCUT2D eigenvalue weighted by molar-refractivity contribution is 6.07. The minimum Gasteiger partial charge on any atom is -0.454 e. The second-order valence-electron chi connectivity index (χ2n) is 9.84. The van der Waals surface area contributed by atoms with E-state index in [0.29, 0.717) is 12.0 Å². The van der Waals surface area contributed by atoms with E-state index in [9.17, 15) is 9.59 Å². The van der Waals surface area contributed by atoms with Gasteiger partial charge in [0.1, 0.15) is 0 Å². The first-order valence-corrected chi connectivity index (χ1v) is 11.8. The van der Waals surface area contributed by atoms with Crippen molar-refractivity contribution in [2.75, 3.05) is 13.4 Å². The van der Waals surface area contributed by atoms with Crippen molar-refractivity contribution in [1.82, 2.24) is 10.3 Å². The van der Waals surface area contributed by atoms with Gasteiger partial charge in [0.2, 0.25) is 6.79 Å². The predicted octanol–water partition coefficient (Wildman–Crippen LogP) is 4.91. The Morgan fingerprint density at radius 3 is 2.71 bits per heavy atom. The third-order valence-corrected chi connectivity index (χ3v) is 5.96. The molecule has 1 aliphatic carbocycles. The van der Waals surface area contributed by atoms with E-state index in [0.717, 1.165) is 57.6 Å². The van der Waals surface area contributed by atoms with Gasteiger partial charge in [-0.3, -0.25) is 4.79 Å². The Kier molecular flexibility index (Phi) is 5.93. The molecule has 1 amide bonds. The molecule has 180 valence electrons. The van der Waals surface area contributed by atoms with Crippen molar-refractivity contribution in [3.05, 3.63) is 64.8 Å². The van der Waals surface area contributed by atoms with Crippen molar-refractivity contribution in [1.29, 1.82) is 0 Å². The second kappa shape index (κ2) is 9.06. The number of esters is 1. The van der Waals surface area contributed by atoms with Crippen molar-refractivity contribution >= 4 is 34.4 Å². The average molecular weight is 473 g/mol. The van der Waals surface area contributed by atoms with Crippen LogP contribution in [-0.2, 0) is 16.0 Å². The number of rotatable bonds is 4. The van der Waals surface area contributed by atoms with Crippen molar-refractivity contribution in [2.24, 2.45) is 0 Å². The fraction of sp³-hybridized carbons (Fsp3) is 0.321. The van der Waals surface area contributed by atoms with Crippen LogP contribution in [-0.4, -0.2) is 35.8 Å². The highest BCUT2D eigenvalue weighted by Gasteiger charge is 2.27. The molecule has 2 heterocycles. The molecule has 3 aromatic rings. The molecule has 0 fully saturated rings. The molecule has 0 radical (unpaired) electrons. The number of hydrogen-bond donors (Lipinski definition) is 1. The normalized spacial score (nSPS) is 15.7. The number of amides is 1. The van der Waals surface area contributed by atoms with Crippen LogP contribution in [0.1, 0.15) is 60.8 Å². The van der Waals surface area contributed by atoms with Crippen molar-refractivity contribution in [2.45, 2.75) is 45.6 Å². The van der Waals surface area contributed by atoms with Gasteiger partial charge < -0.3 is 19.5 Å². The second-order valence-corrected chi connectivity index (χ2v) is 9.84. The highest BCUT2D eigenvalue weighted by atomic mass is 16.7. The van der Waals surface area contributed by atoms with Crippen LogP contribution >= 0.6 is 0 Å². The van der Waals surface area contributed by atoms with Crippen molar-refractivity contribution < 1.29 is 23.8 Å². The molecular weight excluding hydrogens is 444 g/mol. The molecule has 35 heavy (non-hydrogen) atoms. The fourth-order valence-electron chi connectivity index (χ4n) is 4.57. The van der Waals surface area contributed by atoms with Gasteiger partial charge in [-0.15, -0.1) is 0 Å². The minimum absolute atomic E-state index is 0.227. The van der Waals surface area contributed by atoms with Crippen molar-refractivity contribution in [3.63, 3.8) is 0 Å². The number of allylic oxidation sites excluding steroid dienone is 1. The van der Waals surface area contributed by atoms with Gasteiger partial charge in [-0.25, -0.2) is 9.78 Å². The largest absolute Gasteiger partial charge is 0.454 e. The topological polar surface area (TPSA) is 86.8 Å². The van der Waals surface area contributed by atoms with Crippen LogP contribution in [0.4, 0.5) is 0 Å². The van der Waals surface area contributed by atoms with Gasteiger partial charge in [0, 0.05) is 10.9 Å². The smallest absolute Gasteiger partial charge is 0.339 e. The van der Waals surface area contributed by atoms with E-state index in [4.69, 9.17) is 19.2 Å². The lowest BCUT2D eigenvalue weighted by Crippen LogP contribution is -2.42. The number of aromatic nitrogens is 1. The zero-order valence-electron chi connectivity index (χ0n) is 20.1. The molecule has 1 N–H and O–H groups in total. The van der Waals surface area contributed by atoms with E-state index in [-0.39, 0.29) is 19.3 Å². The number of carbonyl (C=O) groups is 2. The van der Waals surface area contributed by atoms with Crippen molar-refractivity contribution in [3.8, 4) is 11.5 Å². The van der Waals surface area contributed by atoms with Gasteiger partial charge in [0.15, 0.2) is 18.1 Å². The molecule has 7 nitrogen and oxygen atoms in total. The van der Waals surface area contributed by atoms with Crippen LogP contribution < -0.4 is 14.8 Å². The van der Waals surface area contributed by atoms with Crippen LogP contribution in [0.5, 0.6) is 11.5 Å². The molecule has 0 spiro atoms. The summed E-state index contributed by atoms with van der Waals surface area (Å²) in [7, 11) is 0. The standard InChI is InChI=1S/C28H28N2O5/c1-28(2,3)30-24(31)15-33-27(32)25-19-8-4-5-10-21(19)29-26-18(7-6-9-20(25)26)13-17-11-12-22-23(14-17)35-16-34-22/h4-5,8,10-14H,6-7,9,15-16H2,1-3H3,(H,30,31)/b18-13-. The van der Waals surface area contributed by atoms with Crippen LogP contribution in [0, 0.1) is 0 Å². The SMILES string of the molecule is CC(C)(C)NC(=O)COC(=O)c1c2c(nc3ccccc13)/C(=C\c1ccc3c(c1)OCO3)CCC2. The molecule has 0 atom stereocenters. The summed E-state index contributed by atoms with van der Waals surface area (Å²) in [5, 5.41) is 3.55. The number of benzene rings is 2. The number of hydrogen-bond acceptors (Lipinski definition) is 6. The monoisotopic (exact) mass is 472 g/mol. The van der Waals surface area contributed by atoms with E-state index < -0.39 is 11.5 Å². The summed E-state index contributed by atoms with van der Waals surface area (Å²) in [5.41, 5.74) is 4.51. The van der Waals surface area contributed by atoms with E-state index in [1.165, 1.54) is 0 Å². The Balaban J connectivity index is 1.52. The van der Waals surface area contributed by atoms with Gasteiger partial charge in [0.05, 0.1) is 16.8 Å². The molecule has 0 bridgehead atoms. The van der Waals surface area contributed by atoms with Crippen LogP contribution in [0.25, 0.3) is 22.6 Å². The number of para-hydroxylation sites is 1. The number of pyridine rings is 1. The van der Waals surface area contributed by atoms with Gasteiger partial charge in [-0.05, 0) is 81.0 Å². The van der Waals surface area contributed by atoms with Crippen LogP contribution in [0.3, 0.4) is 0 Å². The molecule has 7 heteroatoms. The molecule has 1 aromatic heterocycles. The summed E-state index contributed by atoms with van der Waals surface area (Å²) in [5.74, 6) is 0.621. The first kappa shape index (κ1) is 22.9. The molecule has 0 saturated heterocycles. The fourth-order valence-corrected chi connectivity index (χ4v) is 4.57. The summed E-state index contributed by atoms with van der Waals surface area (Å²) in [6.07, 6.45) is 4.53. The molecule has 1 aliphatic heterocycles. The predicted molar refractivity (Wildman–Crippen MR) is 133 cm³/mol. The maximum atomic E-state index is 13.3. The van der Waals surface area contributed by atoms with E-state index >= 15 is 0 Å². The number of ether oxygens (including phenoxy) is 3. The van der Waals surface area contributed by atoms with E-state index in [1.807, 2.05) is 63.2 Å². The van der Waals surface area contributed by atoms with Gasteiger partial charge in [-0.2, -0.15) is 0 Å².